The van der Waals surface area contributed by atoms with E-state index < -0.39 is 29.4 Å². The number of ether oxygens (including phenoxy) is 2. The molecule has 0 aliphatic heterocycles. The first-order valence-electron chi connectivity index (χ1n) is 10.5. The maximum absolute atomic E-state index is 13.0. The number of rotatable bonds is 9. The summed E-state index contributed by atoms with van der Waals surface area (Å²) in [6.45, 7) is 2.03. The molecule has 0 aliphatic carbocycles. The summed E-state index contributed by atoms with van der Waals surface area (Å²) in [5, 5.41) is 10.9. The molecule has 3 aromatic rings. The van der Waals surface area contributed by atoms with Crippen LogP contribution >= 0.6 is 0 Å². The molecule has 1 atom stereocenters. The molecule has 0 bridgehead atoms. The SMILES string of the molecule is Cc1cc(C(=O)C(C)OC(=O)C=Cc2cccc([N+](=O)[O-])c2)c(C)n1-c1ccc(OC(F)F)cc1. The molecular weight excluding hydrogens is 462 g/mol. The third-order valence-electron chi connectivity index (χ3n) is 5.17. The van der Waals surface area contributed by atoms with Crippen molar-refractivity contribution in [1.82, 2.24) is 4.57 Å². The minimum atomic E-state index is -2.93. The predicted octanol–water partition coefficient (Wildman–Crippen LogP) is 5.43. The Kier molecular flexibility index (Phi) is 7.75. The summed E-state index contributed by atoms with van der Waals surface area (Å²) in [4.78, 5) is 35.5. The second-order valence-corrected chi connectivity index (χ2v) is 7.62. The Labute approximate surface area is 199 Å². The number of benzene rings is 2. The van der Waals surface area contributed by atoms with Crippen molar-refractivity contribution in [3.63, 3.8) is 0 Å². The fourth-order valence-electron chi connectivity index (χ4n) is 3.58. The fraction of sp³-hybridized carbons (Fsp3) is 0.200. The summed E-state index contributed by atoms with van der Waals surface area (Å²) < 4.78 is 36.1. The highest BCUT2D eigenvalue weighted by atomic mass is 19.3. The highest BCUT2D eigenvalue weighted by Gasteiger charge is 2.24. The van der Waals surface area contributed by atoms with Gasteiger partial charge in [0.15, 0.2) is 6.10 Å². The number of nitro groups is 1. The monoisotopic (exact) mass is 484 g/mol. The zero-order valence-electron chi connectivity index (χ0n) is 19.1. The van der Waals surface area contributed by atoms with Gasteiger partial charge in [-0.25, -0.2) is 4.79 Å². The van der Waals surface area contributed by atoms with Crippen molar-refractivity contribution in [2.24, 2.45) is 0 Å². The number of hydrogen-bond acceptors (Lipinski definition) is 6. The maximum Gasteiger partial charge on any atom is 0.387 e. The molecule has 1 heterocycles. The number of Topliss-reactive ketones (excluding diaryl/α,β-unsaturated/α-hetero) is 1. The number of aromatic nitrogens is 1. The number of carbonyl (C=O) groups excluding carboxylic acids is 2. The average Bonchev–Trinajstić information content (AvgIpc) is 3.11. The largest absolute Gasteiger partial charge is 0.451 e. The Hall–Kier alpha value is -4.34. The van der Waals surface area contributed by atoms with Crippen LogP contribution in [0.5, 0.6) is 5.75 Å². The number of esters is 1. The normalized spacial score (nSPS) is 12.1. The Morgan fingerprint density at radius 3 is 2.40 bits per heavy atom. The second kappa shape index (κ2) is 10.7. The van der Waals surface area contributed by atoms with Gasteiger partial charge in [-0.3, -0.25) is 14.9 Å². The van der Waals surface area contributed by atoms with Gasteiger partial charge in [-0.2, -0.15) is 8.78 Å². The van der Waals surface area contributed by atoms with E-state index in [-0.39, 0.29) is 11.4 Å². The van der Waals surface area contributed by atoms with Crippen LogP contribution in [0.2, 0.25) is 0 Å². The summed E-state index contributed by atoms with van der Waals surface area (Å²) >= 11 is 0. The van der Waals surface area contributed by atoms with E-state index >= 15 is 0 Å². The van der Waals surface area contributed by atoms with Gasteiger partial charge in [0.1, 0.15) is 5.75 Å². The van der Waals surface area contributed by atoms with Crippen LogP contribution in [0.1, 0.15) is 34.2 Å². The fourth-order valence-corrected chi connectivity index (χ4v) is 3.58. The molecule has 0 saturated heterocycles. The quantitative estimate of drug-likeness (QED) is 0.132. The molecule has 0 radical (unpaired) electrons. The summed E-state index contributed by atoms with van der Waals surface area (Å²) in [6.07, 6.45) is 1.36. The van der Waals surface area contributed by atoms with Crippen LogP contribution in [0.3, 0.4) is 0 Å². The highest BCUT2D eigenvalue weighted by molar-refractivity contribution is 6.02. The number of carbonyl (C=O) groups is 2. The summed E-state index contributed by atoms with van der Waals surface area (Å²) in [6, 6.07) is 13.4. The standard InChI is InChI=1S/C25H22F2N2O6/c1-15-13-22(16(2)28(15)19-8-10-21(11-9-19)35-25(26)27)24(31)17(3)34-23(30)12-7-18-5-4-6-20(14-18)29(32)33/h4-14,17,25H,1-3H3. The lowest BCUT2D eigenvalue weighted by molar-refractivity contribution is -0.384. The van der Waals surface area contributed by atoms with Crippen molar-refractivity contribution in [3.8, 4) is 11.4 Å². The van der Waals surface area contributed by atoms with Crippen LogP contribution in [0.25, 0.3) is 11.8 Å². The summed E-state index contributed by atoms with van der Waals surface area (Å²) in [5.41, 5.74) is 2.62. The van der Waals surface area contributed by atoms with Gasteiger partial charge >= 0.3 is 12.6 Å². The first-order valence-corrected chi connectivity index (χ1v) is 10.5. The number of non-ortho nitro benzene ring substituents is 1. The van der Waals surface area contributed by atoms with Crippen LogP contribution in [0.4, 0.5) is 14.5 Å². The molecule has 8 nitrogen and oxygen atoms in total. The van der Waals surface area contributed by atoms with Crippen LogP contribution in [0.15, 0.2) is 60.7 Å². The van der Waals surface area contributed by atoms with E-state index in [1.54, 1.807) is 42.7 Å². The molecule has 0 amide bonds. The number of halogens is 2. The van der Waals surface area contributed by atoms with Crippen LogP contribution in [-0.4, -0.2) is 34.0 Å². The topological polar surface area (TPSA) is 101 Å². The average molecular weight is 484 g/mol. The lowest BCUT2D eigenvalue weighted by atomic mass is 10.1. The van der Waals surface area contributed by atoms with Crippen molar-refractivity contribution in [2.45, 2.75) is 33.5 Å². The molecule has 35 heavy (non-hydrogen) atoms. The van der Waals surface area contributed by atoms with Gasteiger partial charge in [-0.05, 0) is 62.7 Å². The summed E-state index contributed by atoms with van der Waals surface area (Å²) in [7, 11) is 0. The lowest BCUT2D eigenvalue weighted by Crippen LogP contribution is -2.24. The number of nitro benzene ring substituents is 1. The molecule has 0 saturated carbocycles. The first kappa shape index (κ1) is 25.3. The van der Waals surface area contributed by atoms with E-state index in [2.05, 4.69) is 4.74 Å². The van der Waals surface area contributed by atoms with Gasteiger partial charge in [-0.1, -0.05) is 12.1 Å². The first-order chi connectivity index (χ1) is 16.6. The van der Waals surface area contributed by atoms with Gasteiger partial charge in [0, 0.05) is 40.8 Å². The molecule has 1 unspecified atom stereocenters. The number of ketones is 1. The van der Waals surface area contributed by atoms with Crippen molar-refractivity contribution in [1.29, 1.82) is 0 Å². The van der Waals surface area contributed by atoms with Crippen molar-refractivity contribution >= 4 is 23.5 Å². The number of alkyl halides is 2. The van der Waals surface area contributed by atoms with Gasteiger partial charge < -0.3 is 14.0 Å². The number of aryl methyl sites for hydroxylation is 1. The van der Waals surface area contributed by atoms with Crippen molar-refractivity contribution in [3.05, 3.63) is 93.3 Å². The molecule has 0 aliphatic rings. The maximum atomic E-state index is 13.0. The smallest absolute Gasteiger partial charge is 0.387 e. The van der Waals surface area contributed by atoms with Crippen molar-refractivity contribution < 1.29 is 32.8 Å². The van der Waals surface area contributed by atoms with Crippen molar-refractivity contribution in [2.75, 3.05) is 0 Å². The highest BCUT2D eigenvalue weighted by Crippen LogP contribution is 2.25. The lowest BCUT2D eigenvalue weighted by Gasteiger charge is -2.13. The summed E-state index contributed by atoms with van der Waals surface area (Å²) in [5.74, 6) is -1.18. The Morgan fingerprint density at radius 1 is 1.09 bits per heavy atom. The van der Waals surface area contributed by atoms with Gasteiger partial charge in [0.2, 0.25) is 5.78 Å². The molecule has 2 aromatic carbocycles. The number of nitrogens with zero attached hydrogens (tertiary/aromatic N) is 2. The Morgan fingerprint density at radius 2 is 1.77 bits per heavy atom. The third kappa shape index (κ3) is 6.17. The van der Waals surface area contributed by atoms with Gasteiger partial charge in [0.05, 0.1) is 4.92 Å². The molecular formula is C25H22F2N2O6. The van der Waals surface area contributed by atoms with E-state index in [1.165, 1.54) is 43.3 Å². The predicted molar refractivity (Wildman–Crippen MR) is 124 cm³/mol. The zero-order valence-corrected chi connectivity index (χ0v) is 19.1. The molecule has 0 N–H and O–H groups in total. The molecule has 3 rings (SSSR count). The van der Waals surface area contributed by atoms with Crippen LogP contribution < -0.4 is 4.74 Å². The minimum absolute atomic E-state index is 0.0150. The zero-order chi connectivity index (χ0) is 25.7. The Balaban J connectivity index is 1.71. The van der Waals surface area contributed by atoms with E-state index in [9.17, 15) is 28.5 Å². The molecule has 1 aromatic heterocycles. The van der Waals surface area contributed by atoms with E-state index in [0.717, 1.165) is 11.8 Å². The molecule has 10 heteroatoms. The van der Waals surface area contributed by atoms with Gasteiger partial charge in [0.25, 0.3) is 5.69 Å². The molecule has 0 spiro atoms. The van der Waals surface area contributed by atoms with E-state index in [1.807, 2.05) is 0 Å². The number of hydrogen-bond donors (Lipinski definition) is 0. The third-order valence-corrected chi connectivity index (χ3v) is 5.17. The van der Waals surface area contributed by atoms with Gasteiger partial charge in [-0.15, -0.1) is 0 Å². The van der Waals surface area contributed by atoms with Crippen LogP contribution in [0, 0.1) is 24.0 Å². The second-order valence-electron chi connectivity index (χ2n) is 7.62. The van der Waals surface area contributed by atoms with E-state index in [4.69, 9.17) is 4.74 Å². The minimum Gasteiger partial charge on any atom is -0.451 e. The Bertz CT molecular complexity index is 1280. The molecule has 182 valence electrons. The van der Waals surface area contributed by atoms with E-state index in [0.29, 0.717) is 22.5 Å². The van der Waals surface area contributed by atoms with Crippen LogP contribution in [-0.2, 0) is 9.53 Å². The molecule has 0 fully saturated rings.